The normalized spacial score (nSPS) is 10.5. The highest BCUT2D eigenvalue weighted by atomic mass is 32.1. The van der Waals surface area contributed by atoms with Crippen molar-refractivity contribution >= 4 is 22.4 Å². The second kappa shape index (κ2) is 7.14. The number of benzene rings is 1. The van der Waals surface area contributed by atoms with Gasteiger partial charge in [-0.25, -0.2) is 0 Å². The van der Waals surface area contributed by atoms with Crippen LogP contribution in [0.3, 0.4) is 0 Å². The Hall–Kier alpha value is -1.75. The maximum atomic E-state index is 12.1. The van der Waals surface area contributed by atoms with Crippen LogP contribution in [-0.4, -0.2) is 16.1 Å². The molecule has 1 N–H and O–H groups in total. The summed E-state index contributed by atoms with van der Waals surface area (Å²) in [5, 5.41) is 12.4. The molecule has 1 heterocycles. The van der Waals surface area contributed by atoms with E-state index in [1.807, 2.05) is 24.3 Å². The Morgan fingerprint density at radius 3 is 2.60 bits per heavy atom. The van der Waals surface area contributed by atoms with Gasteiger partial charge in [0.2, 0.25) is 5.13 Å². The number of hydrogen-bond acceptors (Lipinski definition) is 4. The Morgan fingerprint density at radius 1 is 1.20 bits per heavy atom. The van der Waals surface area contributed by atoms with Crippen molar-refractivity contribution in [2.45, 2.75) is 39.5 Å². The van der Waals surface area contributed by atoms with Crippen molar-refractivity contribution in [2.75, 3.05) is 5.32 Å². The van der Waals surface area contributed by atoms with Gasteiger partial charge in [-0.15, -0.1) is 10.2 Å². The second-order valence-corrected chi connectivity index (χ2v) is 5.67. The molecule has 0 fully saturated rings. The minimum Gasteiger partial charge on any atom is -0.296 e. The van der Waals surface area contributed by atoms with Crippen molar-refractivity contribution in [3.8, 4) is 0 Å². The number of nitrogens with one attached hydrogen (secondary N) is 1. The number of nitrogens with zero attached hydrogens (tertiary/aromatic N) is 2. The Labute approximate surface area is 123 Å². The average molecular weight is 289 g/mol. The van der Waals surface area contributed by atoms with Crippen LogP contribution in [0.25, 0.3) is 0 Å². The summed E-state index contributed by atoms with van der Waals surface area (Å²) in [5.74, 6) is -0.133. The van der Waals surface area contributed by atoms with Gasteiger partial charge in [0, 0.05) is 12.0 Å². The number of unbranched alkanes of at least 4 members (excludes halogenated alkanes) is 1. The van der Waals surface area contributed by atoms with Crippen LogP contribution in [0.4, 0.5) is 5.13 Å². The van der Waals surface area contributed by atoms with E-state index in [9.17, 15) is 4.79 Å². The molecular formula is C15H19N3OS. The summed E-state index contributed by atoms with van der Waals surface area (Å²) in [6, 6.07) is 7.63. The number of aromatic nitrogens is 2. The fourth-order valence-corrected chi connectivity index (χ4v) is 2.57. The molecule has 0 saturated carbocycles. The molecule has 0 atom stereocenters. The van der Waals surface area contributed by atoms with Crippen LogP contribution < -0.4 is 5.32 Å². The molecule has 2 aromatic rings. The standard InChI is InChI=1S/C15H19N3OS/c1-3-5-6-13-17-18-15(20-13)16-14(19)12-9-7-11(4-2)8-10-12/h7-10H,3-6H2,1-2H3,(H,16,18,19). The lowest BCUT2D eigenvalue weighted by Crippen LogP contribution is -2.11. The first-order chi connectivity index (χ1) is 9.72. The zero-order chi connectivity index (χ0) is 14.4. The van der Waals surface area contributed by atoms with Gasteiger partial charge in [-0.1, -0.05) is 43.7 Å². The van der Waals surface area contributed by atoms with E-state index in [0.717, 1.165) is 30.7 Å². The largest absolute Gasteiger partial charge is 0.296 e. The monoisotopic (exact) mass is 289 g/mol. The van der Waals surface area contributed by atoms with Crippen molar-refractivity contribution in [2.24, 2.45) is 0 Å². The van der Waals surface area contributed by atoms with Gasteiger partial charge in [-0.2, -0.15) is 0 Å². The Morgan fingerprint density at radius 2 is 1.95 bits per heavy atom. The molecule has 0 bridgehead atoms. The average Bonchev–Trinajstić information content (AvgIpc) is 2.92. The van der Waals surface area contributed by atoms with Gasteiger partial charge in [-0.3, -0.25) is 10.1 Å². The number of rotatable bonds is 6. The fourth-order valence-electron chi connectivity index (χ4n) is 1.79. The van der Waals surface area contributed by atoms with Crippen LogP contribution in [0.2, 0.25) is 0 Å². The molecule has 0 unspecified atom stereocenters. The van der Waals surface area contributed by atoms with Gasteiger partial charge in [0.05, 0.1) is 0 Å². The third-order valence-electron chi connectivity index (χ3n) is 3.06. The molecule has 5 heteroatoms. The summed E-state index contributed by atoms with van der Waals surface area (Å²) in [4.78, 5) is 12.1. The van der Waals surface area contributed by atoms with Crippen LogP contribution in [0, 0.1) is 0 Å². The molecule has 1 aromatic heterocycles. The molecule has 0 aliphatic carbocycles. The molecule has 0 aliphatic rings. The first-order valence-electron chi connectivity index (χ1n) is 6.95. The predicted molar refractivity (Wildman–Crippen MR) is 82.3 cm³/mol. The summed E-state index contributed by atoms with van der Waals surface area (Å²) >= 11 is 1.45. The van der Waals surface area contributed by atoms with Gasteiger partial charge < -0.3 is 0 Å². The lowest BCUT2D eigenvalue weighted by Gasteiger charge is -2.02. The lowest BCUT2D eigenvalue weighted by atomic mass is 10.1. The van der Waals surface area contributed by atoms with Gasteiger partial charge in [0.25, 0.3) is 5.91 Å². The zero-order valence-corrected chi connectivity index (χ0v) is 12.7. The molecule has 2 rings (SSSR count). The van der Waals surface area contributed by atoms with E-state index in [4.69, 9.17) is 0 Å². The van der Waals surface area contributed by atoms with E-state index in [2.05, 4.69) is 29.4 Å². The van der Waals surface area contributed by atoms with E-state index in [0.29, 0.717) is 10.7 Å². The van der Waals surface area contributed by atoms with E-state index in [1.54, 1.807) is 0 Å². The van der Waals surface area contributed by atoms with E-state index >= 15 is 0 Å². The lowest BCUT2D eigenvalue weighted by molar-refractivity contribution is 0.102. The molecule has 106 valence electrons. The van der Waals surface area contributed by atoms with Gasteiger partial charge in [0.15, 0.2) is 0 Å². The summed E-state index contributed by atoms with van der Waals surface area (Å²) in [5.41, 5.74) is 1.87. The molecule has 20 heavy (non-hydrogen) atoms. The number of amides is 1. The number of aryl methyl sites for hydroxylation is 2. The van der Waals surface area contributed by atoms with Crippen molar-refractivity contribution in [3.63, 3.8) is 0 Å². The molecule has 0 aliphatic heterocycles. The van der Waals surface area contributed by atoms with Crippen LogP contribution in [0.5, 0.6) is 0 Å². The summed E-state index contributed by atoms with van der Waals surface area (Å²) in [6.45, 7) is 4.23. The van der Waals surface area contributed by atoms with Gasteiger partial charge in [-0.05, 0) is 30.5 Å². The molecule has 1 amide bonds. The Bertz CT molecular complexity index is 563. The number of carbonyl (C=O) groups excluding carboxylic acids is 1. The van der Waals surface area contributed by atoms with Crippen molar-refractivity contribution < 1.29 is 4.79 Å². The van der Waals surface area contributed by atoms with Gasteiger partial charge >= 0.3 is 0 Å². The molecule has 0 saturated heterocycles. The van der Waals surface area contributed by atoms with Crippen molar-refractivity contribution in [1.29, 1.82) is 0 Å². The molecular weight excluding hydrogens is 270 g/mol. The summed E-state index contributed by atoms with van der Waals surface area (Å²) < 4.78 is 0. The van der Waals surface area contributed by atoms with E-state index in [1.165, 1.54) is 16.9 Å². The minimum atomic E-state index is -0.133. The third kappa shape index (κ3) is 3.87. The summed E-state index contributed by atoms with van der Waals surface area (Å²) in [6.07, 6.45) is 4.13. The maximum Gasteiger partial charge on any atom is 0.257 e. The minimum absolute atomic E-state index is 0.133. The number of hydrogen-bond donors (Lipinski definition) is 1. The highest BCUT2D eigenvalue weighted by Crippen LogP contribution is 2.18. The molecule has 0 radical (unpaired) electrons. The van der Waals surface area contributed by atoms with Crippen LogP contribution in [0.1, 0.15) is 47.6 Å². The third-order valence-corrected chi connectivity index (χ3v) is 3.95. The Balaban J connectivity index is 1.97. The molecule has 4 nitrogen and oxygen atoms in total. The maximum absolute atomic E-state index is 12.1. The van der Waals surface area contributed by atoms with Crippen LogP contribution >= 0.6 is 11.3 Å². The summed E-state index contributed by atoms with van der Waals surface area (Å²) in [7, 11) is 0. The van der Waals surface area contributed by atoms with Gasteiger partial charge in [0.1, 0.15) is 5.01 Å². The number of anilines is 1. The van der Waals surface area contributed by atoms with Crippen molar-refractivity contribution in [3.05, 3.63) is 40.4 Å². The smallest absolute Gasteiger partial charge is 0.257 e. The Kier molecular flexibility index (Phi) is 5.24. The van der Waals surface area contributed by atoms with Crippen LogP contribution in [0.15, 0.2) is 24.3 Å². The quantitative estimate of drug-likeness (QED) is 0.882. The zero-order valence-electron chi connectivity index (χ0n) is 11.8. The molecule has 1 aromatic carbocycles. The first kappa shape index (κ1) is 14.7. The van der Waals surface area contributed by atoms with Crippen molar-refractivity contribution in [1.82, 2.24) is 10.2 Å². The predicted octanol–water partition coefficient (Wildman–Crippen LogP) is 3.70. The van der Waals surface area contributed by atoms with Crippen LogP contribution in [-0.2, 0) is 12.8 Å². The first-order valence-corrected chi connectivity index (χ1v) is 7.77. The topological polar surface area (TPSA) is 54.9 Å². The fraction of sp³-hybridized carbons (Fsp3) is 0.400. The highest BCUT2D eigenvalue weighted by Gasteiger charge is 2.09. The SMILES string of the molecule is CCCCc1nnc(NC(=O)c2ccc(CC)cc2)s1. The van der Waals surface area contributed by atoms with E-state index in [-0.39, 0.29) is 5.91 Å². The highest BCUT2D eigenvalue weighted by molar-refractivity contribution is 7.15. The number of carbonyl (C=O) groups is 1. The van der Waals surface area contributed by atoms with E-state index < -0.39 is 0 Å². The molecule has 0 spiro atoms. The second-order valence-electron chi connectivity index (χ2n) is 4.61.